The number of nitrogens with one attached hydrogen (secondary N) is 1. The molecule has 1 atom stereocenters. The molecule has 1 amide bonds. The molecule has 28 heavy (non-hydrogen) atoms. The predicted molar refractivity (Wildman–Crippen MR) is 98.0 cm³/mol. The van der Waals surface area contributed by atoms with E-state index >= 15 is 0 Å². The standard InChI is InChI=1S/C19H22F3N5O/c20-19(21,22)18-24-12-15-10-13(6-9-27(15)18)17(28)25-16-5-4-14(11-23-16)26-7-2-1-3-8-26/h4-5,11-13H,1-3,6-10H2,(H,23,25,28). The smallest absolute Gasteiger partial charge is 0.370 e. The van der Waals surface area contributed by atoms with Gasteiger partial charge in [0.15, 0.2) is 0 Å². The van der Waals surface area contributed by atoms with E-state index in [-0.39, 0.29) is 18.9 Å². The number of anilines is 2. The molecule has 0 bridgehead atoms. The number of nitrogens with zero attached hydrogens (tertiary/aromatic N) is 4. The number of aromatic nitrogens is 3. The fraction of sp³-hybridized carbons (Fsp3) is 0.526. The molecule has 1 unspecified atom stereocenters. The Bertz CT molecular complexity index is 840. The van der Waals surface area contributed by atoms with E-state index in [1.54, 1.807) is 12.3 Å². The van der Waals surface area contributed by atoms with Crippen molar-refractivity contribution in [3.8, 4) is 0 Å². The number of pyridine rings is 1. The minimum Gasteiger partial charge on any atom is -0.370 e. The first-order chi connectivity index (χ1) is 13.4. The first-order valence-corrected chi connectivity index (χ1v) is 9.55. The second-order valence-electron chi connectivity index (χ2n) is 7.35. The molecule has 2 aromatic rings. The molecule has 6 nitrogen and oxygen atoms in total. The van der Waals surface area contributed by atoms with Crippen LogP contribution in [0.1, 0.15) is 37.2 Å². The van der Waals surface area contributed by atoms with Crippen LogP contribution in [0.2, 0.25) is 0 Å². The van der Waals surface area contributed by atoms with Gasteiger partial charge in [-0.05, 0) is 37.8 Å². The molecule has 0 radical (unpaired) electrons. The number of halogens is 3. The van der Waals surface area contributed by atoms with Gasteiger partial charge in [-0.25, -0.2) is 9.97 Å². The van der Waals surface area contributed by atoms with Crippen LogP contribution in [0.25, 0.3) is 0 Å². The van der Waals surface area contributed by atoms with E-state index in [0.29, 0.717) is 17.9 Å². The Kier molecular flexibility index (Phi) is 4.99. The van der Waals surface area contributed by atoms with E-state index in [0.717, 1.165) is 23.3 Å². The number of carbonyl (C=O) groups is 1. The van der Waals surface area contributed by atoms with Crippen molar-refractivity contribution >= 4 is 17.4 Å². The van der Waals surface area contributed by atoms with Crippen LogP contribution in [0, 0.1) is 5.92 Å². The third kappa shape index (κ3) is 3.83. The Hall–Kier alpha value is -2.58. The monoisotopic (exact) mass is 393 g/mol. The largest absolute Gasteiger partial charge is 0.449 e. The van der Waals surface area contributed by atoms with E-state index < -0.39 is 17.9 Å². The van der Waals surface area contributed by atoms with Gasteiger partial charge < -0.3 is 14.8 Å². The van der Waals surface area contributed by atoms with Crippen molar-refractivity contribution in [1.82, 2.24) is 14.5 Å². The van der Waals surface area contributed by atoms with Gasteiger partial charge in [-0.2, -0.15) is 13.2 Å². The molecule has 4 heterocycles. The average molecular weight is 393 g/mol. The van der Waals surface area contributed by atoms with Crippen LogP contribution < -0.4 is 10.2 Å². The summed E-state index contributed by atoms with van der Waals surface area (Å²) in [5.41, 5.74) is 1.48. The first-order valence-electron chi connectivity index (χ1n) is 9.55. The number of rotatable bonds is 3. The van der Waals surface area contributed by atoms with Gasteiger partial charge in [-0.3, -0.25) is 4.79 Å². The maximum absolute atomic E-state index is 12.9. The Labute approximate surface area is 160 Å². The van der Waals surface area contributed by atoms with Crippen molar-refractivity contribution in [2.45, 2.75) is 44.8 Å². The van der Waals surface area contributed by atoms with Gasteiger partial charge in [0.1, 0.15) is 5.82 Å². The van der Waals surface area contributed by atoms with Crippen LogP contribution in [0.4, 0.5) is 24.7 Å². The molecule has 0 saturated carbocycles. The Morgan fingerprint density at radius 2 is 1.86 bits per heavy atom. The first kappa shape index (κ1) is 18.8. The van der Waals surface area contributed by atoms with Crippen LogP contribution in [-0.2, 0) is 23.9 Å². The van der Waals surface area contributed by atoms with Crippen LogP contribution in [0.15, 0.2) is 24.5 Å². The summed E-state index contributed by atoms with van der Waals surface area (Å²) in [5, 5.41) is 2.79. The quantitative estimate of drug-likeness (QED) is 0.867. The molecule has 4 rings (SSSR count). The lowest BCUT2D eigenvalue weighted by Crippen LogP contribution is -2.32. The highest BCUT2D eigenvalue weighted by atomic mass is 19.4. The molecule has 150 valence electrons. The van der Waals surface area contributed by atoms with Gasteiger partial charge in [-0.15, -0.1) is 0 Å². The van der Waals surface area contributed by atoms with E-state index in [4.69, 9.17) is 0 Å². The van der Waals surface area contributed by atoms with Gasteiger partial charge in [0.25, 0.3) is 0 Å². The number of hydrogen-bond acceptors (Lipinski definition) is 4. The van der Waals surface area contributed by atoms with Crippen molar-refractivity contribution in [3.05, 3.63) is 36.0 Å². The van der Waals surface area contributed by atoms with Gasteiger partial charge >= 0.3 is 6.18 Å². The second-order valence-corrected chi connectivity index (χ2v) is 7.35. The molecule has 1 saturated heterocycles. The van der Waals surface area contributed by atoms with E-state index in [1.165, 1.54) is 25.5 Å². The van der Waals surface area contributed by atoms with Crippen molar-refractivity contribution in [1.29, 1.82) is 0 Å². The summed E-state index contributed by atoms with van der Waals surface area (Å²) in [6.07, 6.45) is 2.67. The minimum absolute atomic E-state index is 0.129. The Balaban J connectivity index is 1.38. The highest BCUT2D eigenvalue weighted by molar-refractivity contribution is 5.92. The fourth-order valence-corrected chi connectivity index (χ4v) is 3.94. The second kappa shape index (κ2) is 7.44. The molecule has 1 N–H and O–H groups in total. The number of carbonyl (C=O) groups excluding carboxylic acids is 1. The van der Waals surface area contributed by atoms with Gasteiger partial charge in [0.05, 0.1) is 11.9 Å². The van der Waals surface area contributed by atoms with E-state index in [1.807, 2.05) is 6.07 Å². The molecule has 0 aliphatic carbocycles. The van der Waals surface area contributed by atoms with Crippen molar-refractivity contribution in [3.63, 3.8) is 0 Å². The number of fused-ring (bicyclic) bond motifs is 1. The molecule has 0 spiro atoms. The lowest BCUT2D eigenvalue weighted by atomic mass is 9.95. The predicted octanol–water partition coefficient (Wildman–Crippen LogP) is 3.49. The molecule has 2 aliphatic heterocycles. The van der Waals surface area contributed by atoms with Gasteiger partial charge in [0.2, 0.25) is 11.7 Å². The zero-order chi connectivity index (χ0) is 19.7. The highest BCUT2D eigenvalue weighted by Gasteiger charge is 2.39. The minimum atomic E-state index is -4.48. The zero-order valence-corrected chi connectivity index (χ0v) is 15.4. The lowest BCUT2D eigenvalue weighted by Gasteiger charge is -2.28. The highest BCUT2D eigenvalue weighted by Crippen LogP contribution is 2.32. The number of hydrogen-bond donors (Lipinski definition) is 1. The number of imidazole rings is 1. The summed E-state index contributed by atoms with van der Waals surface area (Å²) in [4.78, 5) is 22.7. The number of alkyl halides is 3. The maximum Gasteiger partial charge on any atom is 0.449 e. The average Bonchev–Trinajstić information content (AvgIpc) is 3.13. The normalized spacial score (nSPS) is 20.0. The Morgan fingerprint density at radius 3 is 2.54 bits per heavy atom. The van der Waals surface area contributed by atoms with Gasteiger partial charge in [-0.1, -0.05) is 0 Å². The summed E-state index contributed by atoms with van der Waals surface area (Å²) >= 11 is 0. The van der Waals surface area contributed by atoms with Gasteiger partial charge in [0, 0.05) is 43.9 Å². The van der Waals surface area contributed by atoms with E-state index in [2.05, 4.69) is 20.2 Å². The van der Waals surface area contributed by atoms with Crippen molar-refractivity contribution < 1.29 is 18.0 Å². The molecule has 2 aromatic heterocycles. The van der Waals surface area contributed by atoms with Crippen molar-refractivity contribution in [2.24, 2.45) is 5.92 Å². The molecular formula is C19H22F3N5O. The topological polar surface area (TPSA) is 63.1 Å². The van der Waals surface area contributed by atoms with Crippen molar-refractivity contribution in [2.75, 3.05) is 23.3 Å². The molecule has 1 fully saturated rings. The molecule has 2 aliphatic rings. The molecule has 0 aromatic carbocycles. The molecular weight excluding hydrogens is 371 g/mol. The number of piperidine rings is 1. The SMILES string of the molecule is O=C(Nc1ccc(N2CCCCC2)cn1)C1CCn2c(cnc2C(F)(F)F)C1. The van der Waals surface area contributed by atoms with Crippen LogP contribution >= 0.6 is 0 Å². The summed E-state index contributed by atoms with van der Waals surface area (Å²) in [6, 6.07) is 3.72. The third-order valence-corrected chi connectivity index (χ3v) is 5.44. The van der Waals surface area contributed by atoms with Crippen LogP contribution in [-0.4, -0.2) is 33.5 Å². The summed E-state index contributed by atoms with van der Waals surface area (Å²) in [5.74, 6) is -1.05. The van der Waals surface area contributed by atoms with Crippen LogP contribution in [0.3, 0.4) is 0 Å². The molecule has 9 heteroatoms. The lowest BCUT2D eigenvalue weighted by molar-refractivity contribution is -0.147. The maximum atomic E-state index is 12.9. The fourth-order valence-electron chi connectivity index (χ4n) is 3.94. The zero-order valence-electron chi connectivity index (χ0n) is 15.4. The van der Waals surface area contributed by atoms with E-state index in [9.17, 15) is 18.0 Å². The summed E-state index contributed by atoms with van der Waals surface area (Å²) in [6.45, 7) is 2.16. The number of amides is 1. The summed E-state index contributed by atoms with van der Waals surface area (Å²) in [7, 11) is 0. The van der Waals surface area contributed by atoms with Crippen LogP contribution in [0.5, 0.6) is 0 Å². The summed E-state index contributed by atoms with van der Waals surface area (Å²) < 4.78 is 40.0. The Morgan fingerprint density at radius 1 is 1.07 bits per heavy atom. The third-order valence-electron chi connectivity index (χ3n) is 5.44.